The van der Waals surface area contributed by atoms with Gasteiger partial charge in [0.25, 0.3) is 0 Å². The highest BCUT2D eigenvalue weighted by molar-refractivity contribution is 7.92. The Labute approximate surface area is 229 Å². The molecule has 1 fully saturated rings. The maximum absolute atomic E-state index is 14.1. The van der Waals surface area contributed by atoms with Crippen LogP contribution in [0.1, 0.15) is 30.9 Å². The van der Waals surface area contributed by atoms with Crippen LogP contribution in [-0.4, -0.2) is 50.9 Å². The van der Waals surface area contributed by atoms with Gasteiger partial charge in [-0.15, -0.1) is 0 Å². The second-order valence-electron chi connectivity index (χ2n) is 9.78. The van der Waals surface area contributed by atoms with Gasteiger partial charge in [-0.25, -0.2) is 12.8 Å². The summed E-state index contributed by atoms with van der Waals surface area (Å²) in [6.45, 7) is 3.64. The van der Waals surface area contributed by atoms with Gasteiger partial charge < -0.3 is 5.32 Å². The number of rotatable bonds is 10. The molecule has 1 saturated heterocycles. The molecule has 1 heterocycles. The molecule has 1 amide bonds. The SMILES string of the molecule is C[C@@H](CN(c1cccc(F)c1)S(=O)(=O)Cc1ccccc1)N1CCC(NC(=O)Cc2ccc(Cl)cc2)CC1. The van der Waals surface area contributed by atoms with Crippen molar-refractivity contribution in [3.63, 3.8) is 0 Å². The summed E-state index contributed by atoms with van der Waals surface area (Å²) < 4.78 is 42.4. The predicted molar refractivity (Wildman–Crippen MR) is 150 cm³/mol. The van der Waals surface area contributed by atoms with Gasteiger partial charge >= 0.3 is 0 Å². The van der Waals surface area contributed by atoms with Gasteiger partial charge in [0, 0.05) is 36.7 Å². The van der Waals surface area contributed by atoms with Crippen LogP contribution >= 0.6 is 11.6 Å². The number of hydrogen-bond donors (Lipinski definition) is 1. The molecule has 0 aromatic heterocycles. The van der Waals surface area contributed by atoms with Gasteiger partial charge in [0.15, 0.2) is 0 Å². The number of piperidine rings is 1. The van der Waals surface area contributed by atoms with Crippen LogP contribution in [0.3, 0.4) is 0 Å². The minimum atomic E-state index is -3.76. The highest BCUT2D eigenvalue weighted by atomic mass is 35.5. The number of likely N-dealkylation sites (tertiary alicyclic amines) is 1. The number of nitrogens with zero attached hydrogens (tertiary/aromatic N) is 2. The van der Waals surface area contributed by atoms with Gasteiger partial charge in [-0.05, 0) is 61.2 Å². The molecule has 4 rings (SSSR count). The standard InChI is InChI=1S/C29H33ClFN3O3S/c1-22(33-16-14-27(15-17-33)32-29(35)18-23-10-12-25(30)13-11-23)20-34(28-9-5-8-26(31)19-28)38(36,37)21-24-6-3-2-4-7-24/h2-13,19,22,27H,14-18,20-21H2,1H3,(H,32,35)/t22-/m0/s1. The molecule has 9 heteroatoms. The Morgan fingerprint density at radius 2 is 1.71 bits per heavy atom. The number of anilines is 1. The van der Waals surface area contributed by atoms with Crippen molar-refractivity contribution in [1.82, 2.24) is 10.2 Å². The van der Waals surface area contributed by atoms with Crippen molar-refractivity contribution in [2.24, 2.45) is 0 Å². The van der Waals surface area contributed by atoms with Crippen LogP contribution in [-0.2, 0) is 27.0 Å². The number of nitrogens with one attached hydrogen (secondary N) is 1. The molecule has 0 spiro atoms. The van der Waals surface area contributed by atoms with E-state index in [1.165, 1.54) is 22.5 Å². The molecule has 1 atom stereocenters. The van der Waals surface area contributed by atoms with Crippen LogP contribution < -0.4 is 9.62 Å². The van der Waals surface area contributed by atoms with E-state index in [0.717, 1.165) is 31.5 Å². The van der Waals surface area contributed by atoms with Crippen LogP contribution in [0, 0.1) is 5.82 Å². The Kier molecular flexibility index (Phi) is 9.41. The molecule has 6 nitrogen and oxygen atoms in total. The first kappa shape index (κ1) is 28.1. The van der Waals surface area contributed by atoms with Crippen LogP contribution in [0.5, 0.6) is 0 Å². The zero-order valence-electron chi connectivity index (χ0n) is 21.4. The topological polar surface area (TPSA) is 69.7 Å². The molecular formula is C29H33ClFN3O3S. The van der Waals surface area contributed by atoms with Gasteiger partial charge in [-0.1, -0.05) is 60.1 Å². The van der Waals surface area contributed by atoms with Crippen molar-refractivity contribution in [2.75, 3.05) is 23.9 Å². The maximum atomic E-state index is 14.1. The largest absolute Gasteiger partial charge is 0.353 e. The average Bonchev–Trinajstić information content (AvgIpc) is 2.89. The lowest BCUT2D eigenvalue weighted by molar-refractivity contribution is -0.121. The maximum Gasteiger partial charge on any atom is 0.239 e. The number of hydrogen-bond acceptors (Lipinski definition) is 4. The summed E-state index contributed by atoms with van der Waals surface area (Å²) in [5.74, 6) is -0.674. The first-order valence-electron chi connectivity index (χ1n) is 12.8. The monoisotopic (exact) mass is 557 g/mol. The minimum absolute atomic E-state index is 0.0249. The zero-order chi connectivity index (χ0) is 27.1. The third kappa shape index (κ3) is 7.79. The van der Waals surface area contributed by atoms with E-state index in [4.69, 9.17) is 11.6 Å². The Morgan fingerprint density at radius 3 is 2.37 bits per heavy atom. The number of benzene rings is 3. The average molecular weight is 558 g/mol. The first-order valence-corrected chi connectivity index (χ1v) is 14.8. The summed E-state index contributed by atoms with van der Waals surface area (Å²) in [6, 6.07) is 21.9. The van der Waals surface area contributed by atoms with Crippen molar-refractivity contribution in [1.29, 1.82) is 0 Å². The lowest BCUT2D eigenvalue weighted by Crippen LogP contribution is -2.51. The summed E-state index contributed by atoms with van der Waals surface area (Å²) in [7, 11) is -3.76. The van der Waals surface area contributed by atoms with Crippen molar-refractivity contribution in [3.8, 4) is 0 Å². The van der Waals surface area contributed by atoms with E-state index in [2.05, 4.69) is 10.2 Å². The van der Waals surface area contributed by atoms with E-state index in [0.29, 0.717) is 22.7 Å². The third-order valence-corrected chi connectivity index (χ3v) is 8.83. The van der Waals surface area contributed by atoms with Crippen molar-refractivity contribution in [3.05, 3.63) is 101 Å². The van der Waals surface area contributed by atoms with E-state index in [1.54, 1.807) is 42.5 Å². The molecule has 1 N–H and O–H groups in total. The highest BCUT2D eigenvalue weighted by Crippen LogP contribution is 2.24. The van der Waals surface area contributed by atoms with Gasteiger partial charge in [0.2, 0.25) is 15.9 Å². The van der Waals surface area contributed by atoms with Crippen molar-refractivity contribution < 1.29 is 17.6 Å². The van der Waals surface area contributed by atoms with Crippen LogP contribution in [0.4, 0.5) is 10.1 Å². The summed E-state index contributed by atoms with van der Waals surface area (Å²) in [6.07, 6.45) is 1.84. The Bertz CT molecular complexity index is 1310. The molecular weight excluding hydrogens is 525 g/mol. The fourth-order valence-corrected chi connectivity index (χ4v) is 6.55. The molecule has 0 radical (unpaired) electrons. The van der Waals surface area contributed by atoms with Gasteiger partial charge in [-0.3, -0.25) is 14.0 Å². The number of sulfonamides is 1. The predicted octanol–water partition coefficient (Wildman–Crippen LogP) is 5.03. The fourth-order valence-electron chi connectivity index (χ4n) is 4.78. The molecule has 38 heavy (non-hydrogen) atoms. The molecule has 3 aromatic rings. The van der Waals surface area contributed by atoms with Crippen LogP contribution in [0.2, 0.25) is 5.02 Å². The summed E-state index contributed by atoms with van der Waals surface area (Å²) in [4.78, 5) is 14.7. The summed E-state index contributed by atoms with van der Waals surface area (Å²) >= 11 is 5.92. The van der Waals surface area contributed by atoms with Crippen LogP contribution in [0.25, 0.3) is 0 Å². The van der Waals surface area contributed by atoms with Crippen molar-refractivity contribution >= 4 is 33.2 Å². The van der Waals surface area contributed by atoms with E-state index < -0.39 is 15.8 Å². The third-order valence-electron chi connectivity index (χ3n) is 6.85. The lowest BCUT2D eigenvalue weighted by Gasteiger charge is -2.38. The Hall–Kier alpha value is -2.94. The number of carbonyl (C=O) groups excluding carboxylic acids is 1. The highest BCUT2D eigenvalue weighted by Gasteiger charge is 2.29. The van der Waals surface area contributed by atoms with Gasteiger partial charge in [-0.2, -0.15) is 0 Å². The second-order valence-corrected chi connectivity index (χ2v) is 12.1. The molecule has 1 aliphatic heterocycles. The Balaban J connectivity index is 1.37. The number of halogens is 2. The van der Waals surface area contributed by atoms with E-state index in [-0.39, 0.29) is 30.3 Å². The molecule has 0 aliphatic carbocycles. The van der Waals surface area contributed by atoms with E-state index >= 15 is 0 Å². The molecule has 0 saturated carbocycles. The molecule has 202 valence electrons. The smallest absolute Gasteiger partial charge is 0.239 e. The second kappa shape index (κ2) is 12.7. The van der Waals surface area contributed by atoms with E-state index in [1.807, 2.05) is 25.1 Å². The van der Waals surface area contributed by atoms with Crippen molar-refractivity contribution in [2.45, 2.75) is 44.0 Å². The molecule has 0 unspecified atom stereocenters. The van der Waals surface area contributed by atoms with Gasteiger partial charge in [0.1, 0.15) is 5.82 Å². The minimum Gasteiger partial charge on any atom is -0.353 e. The first-order chi connectivity index (χ1) is 18.2. The lowest BCUT2D eigenvalue weighted by atomic mass is 10.0. The zero-order valence-corrected chi connectivity index (χ0v) is 23.0. The molecule has 0 bridgehead atoms. The Morgan fingerprint density at radius 1 is 1.03 bits per heavy atom. The van der Waals surface area contributed by atoms with Gasteiger partial charge in [0.05, 0.1) is 17.9 Å². The summed E-state index contributed by atoms with van der Waals surface area (Å²) in [5, 5.41) is 3.76. The summed E-state index contributed by atoms with van der Waals surface area (Å²) in [5.41, 5.74) is 1.90. The number of amides is 1. The molecule has 3 aromatic carbocycles. The fraction of sp³-hybridized carbons (Fsp3) is 0.345. The van der Waals surface area contributed by atoms with Crippen LogP contribution in [0.15, 0.2) is 78.9 Å². The molecule has 1 aliphatic rings. The normalized spacial score (nSPS) is 15.7. The quantitative estimate of drug-likeness (QED) is 0.380. The number of carbonyl (C=O) groups is 1. The van der Waals surface area contributed by atoms with E-state index in [9.17, 15) is 17.6 Å².